The van der Waals surface area contributed by atoms with Crippen LogP contribution in [-0.4, -0.2) is 62.1 Å². The van der Waals surface area contributed by atoms with Crippen molar-refractivity contribution in [3.63, 3.8) is 0 Å². The van der Waals surface area contributed by atoms with Crippen molar-refractivity contribution in [3.05, 3.63) is 36.7 Å². The van der Waals surface area contributed by atoms with E-state index in [0.717, 1.165) is 11.2 Å². The highest BCUT2D eigenvalue weighted by Gasteiger charge is 2.62. The highest BCUT2D eigenvalue weighted by molar-refractivity contribution is 6.62. The lowest BCUT2D eigenvalue weighted by Gasteiger charge is -2.58. The van der Waals surface area contributed by atoms with Crippen LogP contribution in [0.15, 0.2) is 36.7 Å². The van der Waals surface area contributed by atoms with Crippen LogP contribution in [0.4, 0.5) is 26.2 Å². The first-order chi connectivity index (χ1) is 17.3. The number of halogens is 2. The molecule has 2 aromatic heterocycles. The van der Waals surface area contributed by atoms with E-state index in [0.29, 0.717) is 36.4 Å². The van der Waals surface area contributed by atoms with E-state index in [9.17, 15) is 8.78 Å². The molecule has 0 bridgehead atoms. The van der Waals surface area contributed by atoms with Crippen LogP contribution in [0.2, 0.25) is 0 Å². The summed E-state index contributed by atoms with van der Waals surface area (Å²) in [5, 5.41) is 7.74. The Balaban J connectivity index is 1.09. The first-order valence-corrected chi connectivity index (χ1v) is 12.4. The zero-order chi connectivity index (χ0) is 26.2. The maximum Gasteiger partial charge on any atom is 0.494 e. The average molecular weight is 509 g/mol. The molecule has 0 radical (unpaired) electrons. The summed E-state index contributed by atoms with van der Waals surface area (Å²) in [5.41, 5.74) is 1.28. The summed E-state index contributed by atoms with van der Waals surface area (Å²) in [6.07, 6.45) is 3.21. The number of hydrogen-bond donors (Lipinski definition) is 1. The van der Waals surface area contributed by atoms with Crippen LogP contribution in [0, 0.1) is 5.41 Å². The first-order valence-electron chi connectivity index (χ1n) is 12.4. The third-order valence-electron chi connectivity index (χ3n) is 7.97. The summed E-state index contributed by atoms with van der Waals surface area (Å²) in [6, 6.07) is 7.83. The van der Waals surface area contributed by atoms with E-state index in [1.807, 2.05) is 56.9 Å². The number of nitrogens with zero attached hydrogens (tertiary/aromatic N) is 6. The molecule has 194 valence electrons. The quantitative estimate of drug-likeness (QED) is 0.523. The fourth-order valence-electron chi connectivity index (χ4n) is 5.23. The van der Waals surface area contributed by atoms with Crippen molar-refractivity contribution in [1.82, 2.24) is 24.7 Å². The monoisotopic (exact) mass is 509 g/mol. The molecule has 2 aliphatic heterocycles. The third-order valence-corrected chi connectivity index (χ3v) is 7.97. The van der Waals surface area contributed by atoms with Gasteiger partial charge < -0.3 is 19.5 Å². The predicted molar refractivity (Wildman–Crippen MR) is 136 cm³/mol. The average Bonchev–Trinajstić information content (AvgIpc) is 3.25. The molecule has 3 fully saturated rings. The minimum absolute atomic E-state index is 0.0309. The number of rotatable bonds is 5. The first kappa shape index (κ1) is 24.2. The topological polar surface area (TPSA) is 90.2 Å². The molecule has 0 atom stereocenters. The summed E-state index contributed by atoms with van der Waals surface area (Å²) < 4.78 is 40.4. The number of anilines is 3. The van der Waals surface area contributed by atoms with Gasteiger partial charge in [0.25, 0.3) is 0 Å². The number of nitrogens with one attached hydrogen (secondary N) is 1. The molecule has 0 unspecified atom stereocenters. The fourth-order valence-corrected chi connectivity index (χ4v) is 5.23. The molecule has 1 N–H and O–H groups in total. The van der Waals surface area contributed by atoms with Crippen molar-refractivity contribution in [2.45, 2.75) is 57.7 Å². The second kappa shape index (κ2) is 7.94. The van der Waals surface area contributed by atoms with Gasteiger partial charge in [-0.2, -0.15) is 4.98 Å². The molecule has 1 saturated carbocycles. The smallest absolute Gasteiger partial charge is 0.399 e. The van der Waals surface area contributed by atoms with Crippen LogP contribution in [0.25, 0.3) is 11.5 Å². The number of hydrogen-bond acceptors (Lipinski definition) is 8. The summed E-state index contributed by atoms with van der Waals surface area (Å²) in [7, 11) is 1.38. The van der Waals surface area contributed by atoms with Crippen LogP contribution >= 0.6 is 0 Å². The molecule has 0 amide bonds. The van der Waals surface area contributed by atoms with Crippen molar-refractivity contribution in [1.29, 1.82) is 0 Å². The second-order valence-electron chi connectivity index (χ2n) is 11.5. The highest BCUT2D eigenvalue weighted by atomic mass is 19.3. The predicted octanol–water partition coefficient (Wildman–Crippen LogP) is 3.55. The summed E-state index contributed by atoms with van der Waals surface area (Å²) >= 11 is 0. The van der Waals surface area contributed by atoms with E-state index in [-0.39, 0.29) is 18.3 Å². The Morgan fingerprint density at radius 3 is 2.16 bits per heavy atom. The Morgan fingerprint density at radius 1 is 0.946 bits per heavy atom. The number of benzene rings is 1. The highest BCUT2D eigenvalue weighted by Crippen LogP contribution is 2.57. The third kappa shape index (κ3) is 4.25. The van der Waals surface area contributed by atoms with Crippen molar-refractivity contribution in [2.24, 2.45) is 12.5 Å². The van der Waals surface area contributed by atoms with Gasteiger partial charge in [-0.05, 0) is 45.3 Å². The van der Waals surface area contributed by atoms with E-state index in [2.05, 4.69) is 25.4 Å². The maximum absolute atomic E-state index is 13.3. The van der Waals surface area contributed by atoms with E-state index >= 15 is 0 Å². The minimum Gasteiger partial charge on any atom is -0.399 e. The molecular formula is C25H30BF2N7O2. The Hall–Kier alpha value is -3.12. The number of alkyl halides is 2. The van der Waals surface area contributed by atoms with Crippen molar-refractivity contribution < 1.29 is 18.1 Å². The lowest BCUT2D eigenvalue weighted by molar-refractivity contribution is -0.170. The lowest BCUT2D eigenvalue weighted by Crippen LogP contribution is -2.66. The molecule has 6 rings (SSSR count). The van der Waals surface area contributed by atoms with Crippen molar-refractivity contribution >= 4 is 30.0 Å². The van der Waals surface area contributed by atoms with Gasteiger partial charge in [-0.15, -0.1) is 5.10 Å². The molecule has 3 aromatic rings. The van der Waals surface area contributed by atoms with E-state index in [4.69, 9.17) is 9.31 Å². The Labute approximate surface area is 214 Å². The van der Waals surface area contributed by atoms with Gasteiger partial charge >= 0.3 is 7.12 Å². The molecule has 3 aliphatic rings. The molecule has 1 aromatic carbocycles. The fraction of sp³-hybridized carbons (Fsp3) is 0.520. The number of aryl methyl sites for hydroxylation is 1. The van der Waals surface area contributed by atoms with Crippen LogP contribution < -0.4 is 15.7 Å². The maximum atomic E-state index is 13.3. The molecule has 1 spiro atoms. The van der Waals surface area contributed by atoms with Crippen LogP contribution in [0.1, 0.15) is 40.5 Å². The molecule has 1 aliphatic carbocycles. The van der Waals surface area contributed by atoms with Crippen molar-refractivity contribution in [2.75, 3.05) is 23.3 Å². The van der Waals surface area contributed by atoms with Gasteiger partial charge in [0.15, 0.2) is 0 Å². The Kier molecular flexibility index (Phi) is 5.20. The van der Waals surface area contributed by atoms with E-state index < -0.39 is 24.2 Å². The summed E-state index contributed by atoms with van der Waals surface area (Å²) in [5.74, 6) is -0.829. The van der Waals surface area contributed by atoms with Gasteiger partial charge in [-0.25, -0.2) is 23.4 Å². The molecule has 4 heterocycles. The SMILES string of the molecule is Cn1nc(-c2cnc(N3CC4(C3)CC(F)(F)C4)cn2)nc1Nc1ccc(B2OC(C)(C)C(C)(C)O2)cc1. The van der Waals surface area contributed by atoms with Gasteiger partial charge in [0.1, 0.15) is 11.5 Å². The van der Waals surface area contributed by atoms with Crippen LogP contribution in [0.5, 0.6) is 0 Å². The van der Waals surface area contributed by atoms with Crippen molar-refractivity contribution in [3.8, 4) is 11.5 Å². The standard InChI is InChI=1S/C25H30BF2N7O2/c1-22(2)23(3,4)37-26(36-22)16-6-8-17(9-7-16)31-21-32-20(33-34(21)5)18-10-30-19(11-29-18)35-14-24(15-35)12-25(27,28)13-24/h6-11H,12-15H2,1-5H3,(H,31,32,33). The molecule has 37 heavy (non-hydrogen) atoms. The minimum atomic E-state index is -2.51. The Bertz CT molecular complexity index is 1300. The number of aromatic nitrogens is 5. The van der Waals surface area contributed by atoms with Gasteiger partial charge in [-0.1, -0.05) is 12.1 Å². The molecule has 9 nitrogen and oxygen atoms in total. The largest absolute Gasteiger partial charge is 0.494 e. The zero-order valence-corrected chi connectivity index (χ0v) is 21.6. The molecular weight excluding hydrogens is 479 g/mol. The second-order valence-corrected chi connectivity index (χ2v) is 11.5. The summed E-state index contributed by atoms with van der Waals surface area (Å²) in [4.78, 5) is 15.5. The van der Waals surface area contributed by atoms with E-state index in [1.165, 1.54) is 0 Å². The Morgan fingerprint density at radius 2 is 1.59 bits per heavy atom. The van der Waals surface area contributed by atoms with Gasteiger partial charge in [-0.3, -0.25) is 0 Å². The lowest BCUT2D eigenvalue weighted by atomic mass is 9.61. The summed E-state index contributed by atoms with van der Waals surface area (Å²) in [6.45, 7) is 9.33. The van der Waals surface area contributed by atoms with Crippen LogP contribution in [-0.2, 0) is 16.4 Å². The van der Waals surface area contributed by atoms with E-state index in [1.54, 1.807) is 24.1 Å². The zero-order valence-electron chi connectivity index (χ0n) is 21.6. The van der Waals surface area contributed by atoms with Gasteiger partial charge in [0.2, 0.25) is 17.7 Å². The molecule has 12 heteroatoms. The molecule has 2 saturated heterocycles. The van der Waals surface area contributed by atoms with Gasteiger partial charge in [0.05, 0.1) is 23.6 Å². The van der Waals surface area contributed by atoms with Gasteiger partial charge in [0, 0.05) is 44.1 Å². The normalized spacial score (nSPS) is 22.6. The van der Waals surface area contributed by atoms with Crippen LogP contribution in [0.3, 0.4) is 0 Å².